The van der Waals surface area contributed by atoms with Crippen LogP contribution < -0.4 is 0 Å². The zero-order valence-corrected chi connectivity index (χ0v) is 20.6. The van der Waals surface area contributed by atoms with Crippen LogP contribution >= 0.6 is 11.6 Å². The largest absolute Gasteiger partial charge is 0.507 e. The number of carbonyl (C=O) groups is 2. The number of sulfonamides is 1. The summed E-state index contributed by atoms with van der Waals surface area (Å²) in [6.07, 6.45) is 0. The monoisotopic (exact) mass is 520 g/mol. The predicted molar refractivity (Wildman–Crippen MR) is 128 cm³/mol. The van der Waals surface area contributed by atoms with E-state index in [4.69, 9.17) is 21.1 Å². The molecule has 2 fully saturated rings. The number of nitrogens with zero attached hydrogens (tertiary/aromatic N) is 2. The molecule has 0 aliphatic carbocycles. The number of amides is 1. The van der Waals surface area contributed by atoms with Crippen LogP contribution in [0.3, 0.4) is 0 Å². The number of carbonyl (C=O) groups excluding carboxylic acids is 2. The molecular formula is C24H25ClN2O7S. The lowest BCUT2D eigenvalue weighted by Crippen LogP contribution is -2.40. The van der Waals surface area contributed by atoms with E-state index in [1.807, 2.05) is 0 Å². The molecule has 186 valence electrons. The molecule has 2 heterocycles. The number of likely N-dealkylation sites (tertiary alicyclic amines) is 1. The van der Waals surface area contributed by atoms with Crippen molar-refractivity contribution in [3.8, 4) is 0 Å². The molecule has 0 aromatic heterocycles. The first-order chi connectivity index (χ1) is 16.8. The highest BCUT2D eigenvalue weighted by Gasteiger charge is 2.45. The third-order valence-electron chi connectivity index (χ3n) is 6.00. The molecule has 2 aliphatic heterocycles. The van der Waals surface area contributed by atoms with E-state index in [0.717, 1.165) is 0 Å². The lowest BCUT2D eigenvalue weighted by atomic mass is 9.95. The number of hydrogen-bond acceptors (Lipinski definition) is 7. The molecule has 2 saturated heterocycles. The van der Waals surface area contributed by atoms with Gasteiger partial charge in [-0.3, -0.25) is 9.59 Å². The van der Waals surface area contributed by atoms with Crippen LogP contribution in [-0.2, 0) is 29.1 Å². The van der Waals surface area contributed by atoms with Crippen molar-refractivity contribution >= 4 is 39.1 Å². The van der Waals surface area contributed by atoms with Crippen LogP contribution in [0.4, 0.5) is 0 Å². The SMILES string of the molecule is COCCN1C(=O)C(=O)C(=C(O)c2ccc(S(=O)(=O)N3CCOCC3)cc2)[C@@H]1c1ccc(Cl)cc1. The van der Waals surface area contributed by atoms with Crippen molar-refractivity contribution in [2.24, 2.45) is 0 Å². The van der Waals surface area contributed by atoms with Crippen molar-refractivity contribution in [3.63, 3.8) is 0 Å². The van der Waals surface area contributed by atoms with Gasteiger partial charge in [-0.15, -0.1) is 0 Å². The number of methoxy groups -OCH3 is 1. The highest BCUT2D eigenvalue weighted by Crippen LogP contribution is 2.39. The second-order valence-electron chi connectivity index (χ2n) is 8.08. The van der Waals surface area contributed by atoms with Gasteiger partial charge in [-0.1, -0.05) is 23.7 Å². The number of Topliss-reactive ketones (excluding diaryl/α,β-unsaturated/α-hetero) is 1. The Morgan fingerprint density at radius 3 is 2.31 bits per heavy atom. The number of ketones is 1. The number of hydrogen-bond donors (Lipinski definition) is 1. The summed E-state index contributed by atoms with van der Waals surface area (Å²) in [5, 5.41) is 11.6. The van der Waals surface area contributed by atoms with Gasteiger partial charge >= 0.3 is 0 Å². The van der Waals surface area contributed by atoms with Gasteiger partial charge in [0, 0.05) is 37.3 Å². The van der Waals surface area contributed by atoms with Gasteiger partial charge in [-0.05, 0) is 42.0 Å². The average Bonchev–Trinajstić information content (AvgIpc) is 3.13. The molecule has 2 aliphatic rings. The molecule has 0 saturated carbocycles. The smallest absolute Gasteiger partial charge is 0.295 e. The van der Waals surface area contributed by atoms with Crippen molar-refractivity contribution in [1.82, 2.24) is 9.21 Å². The predicted octanol–water partition coefficient (Wildman–Crippen LogP) is 2.43. The molecule has 1 atom stereocenters. The Kier molecular flexibility index (Phi) is 7.58. The van der Waals surface area contributed by atoms with E-state index >= 15 is 0 Å². The standard InChI is InChI=1S/C24H25ClN2O7S/c1-33-13-12-27-21(16-2-6-18(25)7-3-16)20(23(29)24(27)30)22(28)17-4-8-19(9-5-17)35(31,32)26-10-14-34-15-11-26/h2-9,21,28H,10-15H2,1H3/t21-/m0/s1. The molecule has 35 heavy (non-hydrogen) atoms. The minimum Gasteiger partial charge on any atom is -0.507 e. The Morgan fingerprint density at radius 1 is 1.09 bits per heavy atom. The van der Waals surface area contributed by atoms with Crippen molar-refractivity contribution in [1.29, 1.82) is 0 Å². The molecular weight excluding hydrogens is 496 g/mol. The van der Waals surface area contributed by atoms with E-state index in [0.29, 0.717) is 23.8 Å². The maximum Gasteiger partial charge on any atom is 0.295 e. The van der Waals surface area contributed by atoms with Crippen molar-refractivity contribution in [3.05, 3.63) is 70.3 Å². The van der Waals surface area contributed by atoms with Gasteiger partial charge in [0.2, 0.25) is 10.0 Å². The maximum absolute atomic E-state index is 13.0. The van der Waals surface area contributed by atoms with Crippen LogP contribution in [0.5, 0.6) is 0 Å². The fraction of sp³-hybridized carbons (Fsp3) is 0.333. The maximum atomic E-state index is 13.0. The number of aliphatic hydroxyl groups is 1. The first kappa shape index (κ1) is 25.3. The van der Waals surface area contributed by atoms with E-state index in [1.54, 1.807) is 24.3 Å². The molecule has 1 N–H and O–H groups in total. The van der Waals surface area contributed by atoms with Crippen LogP contribution in [-0.4, -0.2) is 81.0 Å². The quantitative estimate of drug-likeness (QED) is 0.339. The highest BCUT2D eigenvalue weighted by atomic mass is 35.5. The number of rotatable bonds is 7. The zero-order valence-electron chi connectivity index (χ0n) is 19.0. The van der Waals surface area contributed by atoms with Gasteiger partial charge in [-0.25, -0.2) is 8.42 Å². The fourth-order valence-electron chi connectivity index (χ4n) is 4.17. The molecule has 9 nitrogen and oxygen atoms in total. The summed E-state index contributed by atoms with van der Waals surface area (Å²) in [7, 11) is -2.23. The Balaban J connectivity index is 1.73. The Bertz CT molecular complexity index is 1240. The van der Waals surface area contributed by atoms with Crippen molar-refractivity contribution in [2.45, 2.75) is 10.9 Å². The molecule has 0 bridgehead atoms. The van der Waals surface area contributed by atoms with Crippen molar-refractivity contribution in [2.75, 3.05) is 46.6 Å². The van der Waals surface area contributed by atoms with Crippen molar-refractivity contribution < 1.29 is 32.6 Å². The van der Waals surface area contributed by atoms with Gasteiger partial charge < -0.3 is 19.5 Å². The number of aliphatic hydroxyl groups excluding tert-OH is 1. The highest BCUT2D eigenvalue weighted by molar-refractivity contribution is 7.89. The topological polar surface area (TPSA) is 113 Å². The minimum atomic E-state index is -3.72. The molecule has 1 amide bonds. The zero-order chi connectivity index (χ0) is 25.2. The van der Waals surface area contributed by atoms with Gasteiger partial charge in [-0.2, -0.15) is 4.31 Å². The fourth-order valence-corrected chi connectivity index (χ4v) is 5.70. The number of ether oxygens (including phenoxy) is 2. The molecule has 2 aromatic carbocycles. The summed E-state index contributed by atoms with van der Waals surface area (Å²) in [6, 6.07) is 11.4. The normalized spacial score (nSPS) is 21.0. The molecule has 0 radical (unpaired) electrons. The van der Waals surface area contributed by atoms with Crippen LogP contribution in [0.2, 0.25) is 5.02 Å². The van der Waals surface area contributed by atoms with Gasteiger partial charge in [0.05, 0.1) is 36.3 Å². The molecule has 2 aromatic rings. The second-order valence-corrected chi connectivity index (χ2v) is 10.5. The third-order valence-corrected chi connectivity index (χ3v) is 8.16. The van der Waals surface area contributed by atoms with Crippen LogP contribution in [0.1, 0.15) is 17.2 Å². The summed E-state index contributed by atoms with van der Waals surface area (Å²) in [4.78, 5) is 27.2. The molecule has 11 heteroatoms. The van der Waals surface area contributed by atoms with E-state index in [2.05, 4.69) is 0 Å². The summed E-state index contributed by atoms with van der Waals surface area (Å²) >= 11 is 6.01. The molecule has 4 rings (SSSR count). The van der Waals surface area contributed by atoms with Gasteiger partial charge in [0.25, 0.3) is 11.7 Å². The minimum absolute atomic E-state index is 0.0609. The van der Waals surface area contributed by atoms with E-state index in [-0.39, 0.29) is 42.3 Å². The lowest BCUT2D eigenvalue weighted by Gasteiger charge is -2.26. The Hall–Kier alpha value is -2.76. The van der Waals surface area contributed by atoms with Gasteiger partial charge in [0.15, 0.2) is 0 Å². The molecule has 0 unspecified atom stereocenters. The second kappa shape index (κ2) is 10.5. The Morgan fingerprint density at radius 2 is 1.71 bits per heavy atom. The first-order valence-electron chi connectivity index (χ1n) is 11.0. The third kappa shape index (κ3) is 4.98. The van der Waals surface area contributed by atoms with E-state index < -0.39 is 33.5 Å². The van der Waals surface area contributed by atoms with Crippen LogP contribution in [0.15, 0.2) is 59.0 Å². The van der Waals surface area contributed by atoms with Gasteiger partial charge in [0.1, 0.15) is 5.76 Å². The van der Waals surface area contributed by atoms with E-state index in [1.165, 1.54) is 40.6 Å². The average molecular weight is 521 g/mol. The lowest BCUT2D eigenvalue weighted by molar-refractivity contribution is -0.140. The summed E-state index contributed by atoms with van der Waals surface area (Å²) in [5.74, 6) is -1.97. The summed E-state index contributed by atoms with van der Waals surface area (Å²) in [5.41, 5.74) is 0.726. The number of morpholine rings is 1. The Labute approximate surface area is 208 Å². The van der Waals surface area contributed by atoms with E-state index in [9.17, 15) is 23.1 Å². The summed E-state index contributed by atoms with van der Waals surface area (Å²) in [6.45, 7) is 1.51. The van der Waals surface area contributed by atoms with Crippen LogP contribution in [0, 0.1) is 0 Å². The number of halogens is 1. The first-order valence-corrected chi connectivity index (χ1v) is 12.8. The number of benzene rings is 2. The molecule has 0 spiro atoms. The van der Waals surface area contributed by atoms with Crippen LogP contribution in [0.25, 0.3) is 5.76 Å². The summed E-state index contributed by atoms with van der Waals surface area (Å²) < 4.78 is 37.4.